The number of carboxylic acids is 1. The second-order valence-corrected chi connectivity index (χ2v) is 6.57. The summed E-state index contributed by atoms with van der Waals surface area (Å²) in [5, 5.41) is 9.51. The molecule has 0 aromatic heterocycles. The van der Waals surface area contributed by atoms with E-state index in [2.05, 4.69) is 16.7 Å². The highest BCUT2D eigenvalue weighted by Crippen LogP contribution is 2.33. The van der Waals surface area contributed by atoms with Crippen LogP contribution in [0.25, 0.3) is 0 Å². The molecule has 1 N–H and O–H groups in total. The molecule has 2 heterocycles. The molecular formula is C16H29N3O3. The van der Waals surface area contributed by atoms with Crippen molar-refractivity contribution in [3.05, 3.63) is 0 Å². The molecule has 22 heavy (non-hydrogen) atoms. The number of carbonyl (C=O) groups excluding carboxylic acids is 1. The highest BCUT2D eigenvalue weighted by Gasteiger charge is 2.42. The molecule has 0 spiro atoms. The molecule has 2 saturated heterocycles. The maximum absolute atomic E-state index is 12.5. The molecule has 6 heteroatoms. The topological polar surface area (TPSA) is 64.1 Å². The Bertz CT molecular complexity index is 407. The van der Waals surface area contributed by atoms with Gasteiger partial charge < -0.3 is 14.9 Å². The van der Waals surface area contributed by atoms with E-state index in [0.717, 1.165) is 39.1 Å². The van der Waals surface area contributed by atoms with E-state index in [1.54, 1.807) is 4.90 Å². The lowest BCUT2D eigenvalue weighted by Gasteiger charge is -2.41. The highest BCUT2D eigenvalue weighted by atomic mass is 16.4. The monoisotopic (exact) mass is 311 g/mol. The molecule has 0 bridgehead atoms. The molecule has 2 rings (SSSR count). The van der Waals surface area contributed by atoms with Crippen molar-refractivity contribution in [1.29, 1.82) is 0 Å². The minimum atomic E-state index is -0.760. The molecule has 1 unspecified atom stereocenters. The van der Waals surface area contributed by atoms with Gasteiger partial charge >= 0.3 is 5.97 Å². The van der Waals surface area contributed by atoms with Crippen molar-refractivity contribution < 1.29 is 14.7 Å². The predicted molar refractivity (Wildman–Crippen MR) is 84.7 cm³/mol. The zero-order chi connectivity index (χ0) is 16.2. The Hall–Kier alpha value is -1.14. The lowest BCUT2D eigenvalue weighted by atomic mass is 9.77. The van der Waals surface area contributed by atoms with Gasteiger partial charge in [0.2, 0.25) is 5.91 Å². The van der Waals surface area contributed by atoms with Crippen molar-refractivity contribution in [1.82, 2.24) is 14.7 Å². The zero-order valence-corrected chi connectivity index (χ0v) is 13.9. The van der Waals surface area contributed by atoms with Crippen molar-refractivity contribution in [2.24, 2.45) is 5.41 Å². The van der Waals surface area contributed by atoms with Gasteiger partial charge in [-0.15, -0.1) is 0 Å². The van der Waals surface area contributed by atoms with Crippen LogP contribution < -0.4 is 0 Å². The number of carbonyl (C=O) groups is 2. The van der Waals surface area contributed by atoms with E-state index < -0.39 is 11.4 Å². The minimum absolute atomic E-state index is 0.0868. The number of nitrogens with zero attached hydrogens (tertiary/aromatic N) is 3. The average Bonchev–Trinajstić information content (AvgIpc) is 2.55. The van der Waals surface area contributed by atoms with Gasteiger partial charge in [0, 0.05) is 39.3 Å². The third-order valence-corrected chi connectivity index (χ3v) is 5.33. The van der Waals surface area contributed by atoms with Crippen LogP contribution in [0.2, 0.25) is 0 Å². The van der Waals surface area contributed by atoms with Crippen LogP contribution in [0.5, 0.6) is 0 Å². The SMILES string of the molecule is CCN1CCN(CC(=O)N2CCCC(CC)(C(=O)O)C2)CC1. The van der Waals surface area contributed by atoms with Gasteiger partial charge in [0.05, 0.1) is 12.0 Å². The van der Waals surface area contributed by atoms with Crippen LogP contribution in [0.1, 0.15) is 33.1 Å². The molecule has 0 radical (unpaired) electrons. The van der Waals surface area contributed by atoms with E-state index in [4.69, 9.17) is 0 Å². The molecule has 0 saturated carbocycles. The summed E-state index contributed by atoms with van der Waals surface area (Å²) in [4.78, 5) is 30.4. The second kappa shape index (κ2) is 7.42. The smallest absolute Gasteiger partial charge is 0.311 e. The number of likely N-dealkylation sites (tertiary alicyclic amines) is 1. The number of piperazine rings is 1. The van der Waals surface area contributed by atoms with Crippen molar-refractivity contribution >= 4 is 11.9 Å². The number of piperidine rings is 1. The second-order valence-electron chi connectivity index (χ2n) is 6.57. The van der Waals surface area contributed by atoms with Gasteiger partial charge in [-0.25, -0.2) is 0 Å². The van der Waals surface area contributed by atoms with E-state index in [1.807, 2.05) is 6.92 Å². The lowest BCUT2D eigenvalue weighted by molar-refractivity contribution is -0.155. The number of amides is 1. The molecule has 1 atom stereocenters. The van der Waals surface area contributed by atoms with Crippen LogP contribution >= 0.6 is 0 Å². The van der Waals surface area contributed by atoms with Gasteiger partial charge in [0.15, 0.2) is 0 Å². The Morgan fingerprint density at radius 1 is 1.05 bits per heavy atom. The first-order chi connectivity index (χ1) is 10.5. The summed E-state index contributed by atoms with van der Waals surface area (Å²) in [5.41, 5.74) is -0.741. The molecule has 0 aliphatic carbocycles. The van der Waals surface area contributed by atoms with Crippen molar-refractivity contribution in [2.45, 2.75) is 33.1 Å². The van der Waals surface area contributed by atoms with Crippen molar-refractivity contribution in [2.75, 3.05) is 52.4 Å². The Morgan fingerprint density at radius 2 is 1.68 bits per heavy atom. The van der Waals surface area contributed by atoms with Gasteiger partial charge in [-0.2, -0.15) is 0 Å². The van der Waals surface area contributed by atoms with Crippen LogP contribution in [0.3, 0.4) is 0 Å². The van der Waals surface area contributed by atoms with Crippen molar-refractivity contribution in [3.63, 3.8) is 0 Å². The Balaban J connectivity index is 1.88. The largest absolute Gasteiger partial charge is 0.481 e. The maximum Gasteiger partial charge on any atom is 0.311 e. The van der Waals surface area contributed by atoms with E-state index in [9.17, 15) is 14.7 Å². The van der Waals surface area contributed by atoms with Crippen LogP contribution in [0, 0.1) is 5.41 Å². The summed E-state index contributed by atoms with van der Waals surface area (Å²) in [6.45, 7) is 10.5. The quantitative estimate of drug-likeness (QED) is 0.811. The number of hydrogen-bond donors (Lipinski definition) is 1. The van der Waals surface area contributed by atoms with Crippen LogP contribution in [0.15, 0.2) is 0 Å². The minimum Gasteiger partial charge on any atom is -0.481 e. The molecule has 6 nitrogen and oxygen atoms in total. The van der Waals surface area contributed by atoms with Gasteiger partial charge in [0.25, 0.3) is 0 Å². The van der Waals surface area contributed by atoms with E-state index in [0.29, 0.717) is 32.5 Å². The molecule has 126 valence electrons. The lowest BCUT2D eigenvalue weighted by Crippen LogP contribution is -2.54. The summed E-state index contributed by atoms with van der Waals surface area (Å²) in [7, 11) is 0. The molecule has 2 fully saturated rings. The number of rotatable bonds is 5. The number of carboxylic acid groups (broad SMARTS) is 1. The standard InChI is InChI=1S/C16H29N3O3/c1-3-16(15(21)22)6-5-7-19(13-16)14(20)12-18-10-8-17(4-2)9-11-18/h3-13H2,1-2H3,(H,21,22). The van der Waals surface area contributed by atoms with Gasteiger partial charge in [-0.05, 0) is 25.8 Å². The molecule has 2 aliphatic rings. The summed E-state index contributed by atoms with van der Waals surface area (Å²) in [6, 6.07) is 0. The highest BCUT2D eigenvalue weighted by molar-refractivity contribution is 5.81. The van der Waals surface area contributed by atoms with Crippen LogP contribution in [-0.4, -0.2) is 84.0 Å². The fraction of sp³-hybridized carbons (Fsp3) is 0.875. The molecular weight excluding hydrogens is 282 g/mol. The van der Waals surface area contributed by atoms with Crippen LogP contribution in [-0.2, 0) is 9.59 Å². The summed E-state index contributed by atoms with van der Waals surface area (Å²) < 4.78 is 0. The average molecular weight is 311 g/mol. The van der Waals surface area contributed by atoms with E-state index in [1.165, 1.54) is 0 Å². The third-order valence-electron chi connectivity index (χ3n) is 5.33. The fourth-order valence-corrected chi connectivity index (χ4v) is 3.51. The first-order valence-electron chi connectivity index (χ1n) is 8.46. The normalized spacial score (nSPS) is 27.8. The Morgan fingerprint density at radius 3 is 2.23 bits per heavy atom. The Labute approximate surface area is 133 Å². The first kappa shape index (κ1) is 17.2. The number of likely N-dealkylation sites (N-methyl/N-ethyl adjacent to an activating group) is 1. The van der Waals surface area contributed by atoms with Crippen LogP contribution in [0.4, 0.5) is 0 Å². The summed E-state index contributed by atoms with van der Waals surface area (Å²) in [5.74, 6) is -0.673. The van der Waals surface area contributed by atoms with E-state index in [-0.39, 0.29) is 5.91 Å². The molecule has 0 aromatic rings. The first-order valence-corrected chi connectivity index (χ1v) is 8.46. The predicted octanol–water partition coefficient (Wildman–Crippen LogP) is 0.727. The Kier molecular flexibility index (Phi) is 5.81. The van der Waals surface area contributed by atoms with Gasteiger partial charge in [-0.1, -0.05) is 13.8 Å². The zero-order valence-electron chi connectivity index (χ0n) is 13.9. The number of aliphatic carboxylic acids is 1. The van der Waals surface area contributed by atoms with Crippen molar-refractivity contribution in [3.8, 4) is 0 Å². The molecule has 2 aliphatic heterocycles. The fourth-order valence-electron chi connectivity index (χ4n) is 3.51. The molecule has 0 aromatic carbocycles. The summed E-state index contributed by atoms with van der Waals surface area (Å²) in [6.07, 6.45) is 2.05. The number of hydrogen-bond acceptors (Lipinski definition) is 4. The van der Waals surface area contributed by atoms with Gasteiger partial charge in [0.1, 0.15) is 0 Å². The molecule has 1 amide bonds. The third kappa shape index (κ3) is 3.79. The van der Waals surface area contributed by atoms with Gasteiger partial charge in [-0.3, -0.25) is 14.5 Å². The summed E-state index contributed by atoms with van der Waals surface area (Å²) >= 11 is 0. The van der Waals surface area contributed by atoms with E-state index >= 15 is 0 Å². The maximum atomic E-state index is 12.5.